The molecule has 0 radical (unpaired) electrons. The fraction of sp³-hybridized carbons (Fsp3) is 0.278. The summed E-state index contributed by atoms with van der Waals surface area (Å²) in [4.78, 5) is 25.6. The lowest BCUT2D eigenvalue weighted by Crippen LogP contribution is -2.53. The van der Waals surface area contributed by atoms with E-state index in [1.807, 2.05) is 37.3 Å². The van der Waals surface area contributed by atoms with Gasteiger partial charge in [-0.25, -0.2) is 0 Å². The van der Waals surface area contributed by atoms with Crippen molar-refractivity contribution in [3.05, 3.63) is 51.9 Å². The smallest absolute Gasteiger partial charge is 0.266 e. The maximum Gasteiger partial charge on any atom is 0.266 e. The minimum atomic E-state index is -1.31. The number of halogens is 1. The molecule has 0 saturated carbocycles. The van der Waals surface area contributed by atoms with Crippen molar-refractivity contribution in [3.8, 4) is 0 Å². The molecule has 7 heteroatoms. The summed E-state index contributed by atoms with van der Waals surface area (Å²) in [5, 5.41) is 11.9. The normalized spacial score (nSPS) is 19.4. The van der Waals surface area contributed by atoms with Crippen LogP contribution < -0.4 is 5.11 Å². The number of carbonyl (C=O) groups is 2. The third-order valence-corrected chi connectivity index (χ3v) is 5.45. The Kier molecular flexibility index (Phi) is 6.81. The largest absolute Gasteiger partial charge is 0.548 e. The monoisotopic (exact) mass is 394 g/mol. The van der Waals surface area contributed by atoms with Crippen LogP contribution in [0.4, 0.5) is 0 Å². The molecule has 1 aromatic carbocycles. The topological polar surface area (TPSA) is 60.4 Å². The van der Waals surface area contributed by atoms with Gasteiger partial charge in [-0.3, -0.25) is 9.69 Å². The van der Waals surface area contributed by atoms with Crippen LogP contribution >= 0.6 is 35.6 Å². The molecule has 0 aromatic heterocycles. The minimum Gasteiger partial charge on any atom is -0.548 e. The predicted molar refractivity (Wildman–Crippen MR) is 104 cm³/mol. The number of carbonyl (C=O) groups excluding carboxylic acids is 2. The van der Waals surface area contributed by atoms with Gasteiger partial charge in [0.05, 0.1) is 16.9 Å². The summed E-state index contributed by atoms with van der Waals surface area (Å²) < 4.78 is 0.204. The van der Waals surface area contributed by atoms with Crippen molar-refractivity contribution >= 4 is 57.9 Å². The quantitative estimate of drug-likeness (QED) is 0.547. The van der Waals surface area contributed by atoms with E-state index in [9.17, 15) is 14.7 Å². The van der Waals surface area contributed by atoms with E-state index in [4.69, 9.17) is 23.8 Å². The lowest BCUT2D eigenvalue weighted by atomic mass is 9.98. The molecule has 2 rings (SSSR count). The van der Waals surface area contributed by atoms with E-state index in [0.29, 0.717) is 16.4 Å². The van der Waals surface area contributed by atoms with Crippen molar-refractivity contribution in [2.45, 2.75) is 26.3 Å². The molecule has 0 unspecified atom stereocenters. The molecule has 1 aromatic rings. The van der Waals surface area contributed by atoms with Crippen molar-refractivity contribution in [3.63, 3.8) is 0 Å². The molecule has 1 aliphatic rings. The Balaban J connectivity index is 2.28. The molecular formula is C18H17ClNO3S2-. The van der Waals surface area contributed by atoms with Gasteiger partial charge in [0.1, 0.15) is 4.32 Å². The summed E-state index contributed by atoms with van der Waals surface area (Å²) in [7, 11) is 0. The first-order chi connectivity index (χ1) is 11.8. The molecular weight excluding hydrogens is 378 g/mol. The fourth-order valence-corrected chi connectivity index (χ4v) is 4.03. The molecule has 0 spiro atoms. The average Bonchev–Trinajstić information content (AvgIpc) is 2.83. The zero-order chi connectivity index (χ0) is 18.6. The van der Waals surface area contributed by atoms with E-state index in [-0.39, 0.29) is 10.2 Å². The van der Waals surface area contributed by atoms with Crippen LogP contribution in [0.25, 0.3) is 6.08 Å². The number of benzene rings is 1. The number of amides is 1. The Morgan fingerprint density at radius 3 is 2.60 bits per heavy atom. The van der Waals surface area contributed by atoms with E-state index < -0.39 is 17.9 Å². The summed E-state index contributed by atoms with van der Waals surface area (Å²) >= 11 is 12.5. The first kappa shape index (κ1) is 19.7. The SMILES string of the molecule is CC[C@H](C)[C@H](C(=O)[O-])N1C(=O)/C(=C/C(Cl)=C/c2ccccc2)SC1=S. The molecule has 2 atom stereocenters. The highest BCUT2D eigenvalue weighted by Crippen LogP contribution is 2.35. The highest BCUT2D eigenvalue weighted by Gasteiger charge is 2.39. The third-order valence-electron chi connectivity index (χ3n) is 3.90. The molecule has 1 amide bonds. The molecule has 1 aliphatic heterocycles. The first-order valence-corrected chi connectivity index (χ1v) is 9.35. The summed E-state index contributed by atoms with van der Waals surface area (Å²) in [5.74, 6) is -2.04. The number of hydrogen-bond donors (Lipinski definition) is 0. The van der Waals surface area contributed by atoms with Crippen LogP contribution in [0, 0.1) is 5.92 Å². The van der Waals surface area contributed by atoms with Crippen LogP contribution in [0.2, 0.25) is 0 Å². The van der Waals surface area contributed by atoms with E-state index in [2.05, 4.69) is 0 Å². The number of aliphatic carboxylic acids is 1. The number of thiocarbonyl (C=S) groups is 1. The lowest BCUT2D eigenvalue weighted by molar-refractivity contribution is -0.311. The number of carboxylic acids is 1. The summed E-state index contributed by atoms with van der Waals surface area (Å²) in [6, 6.07) is 8.34. The van der Waals surface area contributed by atoms with Crippen LogP contribution in [0.3, 0.4) is 0 Å². The van der Waals surface area contributed by atoms with Gasteiger partial charge in [0, 0.05) is 5.03 Å². The molecule has 1 fully saturated rings. The maximum atomic E-state index is 12.6. The van der Waals surface area contributed by atoms with E-state index in [1.54, 1.807) is 13.0 Å². The minimum absolute atomic E-state index is 0.204. The van der Waals surface area contributed by atoms with Gasteiger partial charge >= 0.3 is 0 Å². The second-order valence-corrected chi connectivity index (χ2v) is 7.75. The Labute approximate surface area is 161 Å². The number of nitrogens with zero attached hydrogens (tertiary/aromatic N) is 1. The Hall–Kier alpha value is -1.63. The van der Waals surface area contributed by atoms with Gasteiger partial charge in [0.25, 0.3) is 5.91 Å². The fourth-order valence-electron chi connectivity index (χ4n) is 2.41. The third kappa shape index (κ3) is 4.71. The Bertz CT molecular complexity index is 746. The van der Waals surface area contributed by atoms with Gasteiger partial charge < -0.3 is 9.90 Å². The molecule has 132 valence electrons. The number of carboxylic acid groups (broad SMARTS) is 1. The molecule has 0 aliphatic carbocycles. The molecule has 0 N–H and O–H groups in total. The van der Waals surface area contributed by atoms with Crippen molar-refractivity contribution in [1.82, 2.24) is 4.90 Å². The van der Waals surface area contributed by atoms with Gasteiger partial charge in [0.15, 0.2) is 0 Å². The van der Waals surface area contributed by atoms with Crippen LogP contribution in [0.15, 0.2) is 46.3 Å². The van der Waals surface area contributed by atoms with E-state index in [0.717, 1.165) is 22.2 Å². The standard InChI is InChI=1S/C18H18ClNO3S2/c1-3-11(2)15(17(22)23)20-16(21)14(25-18(20)24)10-13(19)9-12-7-5-4-6-8-12/h4-11,15H,3H2,1-2H3,(H,22,23)/p-1/b13-9-,14-10-/t11-,15+/m0/s1. The summed E-state index contributed by atoms with van der Waals surface area (Å²) in [5.41, 5.74) is 0.895. The second kappa shape index (κ2) is 8.65. The predicted octanol–water partition coefficient (Wildman–Crippen LogP) is 3.18. The van der Waals surface area contributed by atoms with Gasteiger partial charge in [-0.05, 0) is 23.6 Å². The van der Waals surface area contributed by atoms with Gasteiger partial charge in [-0.15, -0.1) is 0 Å². The van der Waals surface area contributed by atoms with E-state index >= 15 is 0 Å². The number of rotatable bonds is 6. The highest BCUT2D eigenvalue weighted by atomic mass is 35.5. The van der Waals surface area contributed by atoms with Crippen LogP contribution in [-0.4, -0.2) is 27.1 Å². The Morgan fingerprint density at radius 1 is 1.40 bits per heavy atom. The number of allylic oxidation sites excluding steroid dienone is 2. The molecule has 1 saturated heterocycles. The van der Waals surface area contributed by atoms with Gasteiger partial charge in [-0.2, -0.15) is 0 Å². The van der Waals surface area contributed by atoms with Gasteiger partial charge in [0.2, 0.25) is 0 Å². The summed E-state index contributed by atoms with van der Waals surface area (Å²) in [6.45, 7) is 3.61. The molecule has 0 bridgehead atoms. The van der Waals surface area contributed by atoms with Crippen molar-refractivity contribution in [1.29, 1.82) is 0 Å². The van der Waals surface area contributed by atoms with E-state index in [1.165, 1.54) is 6.08 Å². The molecule has 4 nitrogen and oxygen atoms in total. The van der Waals surface area contributed by atoms with Crippen molar-refractivity contribution in [2.75, 3.05) is 0 Å². The first-order valence-electron chi connectivity index (χ1n) is 7.75. The highest BCUT2D eigenvalue weighted by molar-refractivity contribution is 8.26. The van der Waals surface area contributed by atoms with Crippen molar-refractivity contribution in [2.24, 2.45) is 5.92 Å². The zero-order valence-electron chi connectivity index (χ0n) is 13.8. The second-order valence-electron chi connectivity index (χ2n) is 5.64. The Morgan fingerprint density at radius 2 is 2.04 bits per heavy atom. The van der Waals surface area contributed by atoms with Gasteiger partial charge in [-0.1, -0.05) is 86.2 Å². The summed E-state index contributed by atoms with van der Waals surface area (Å²) in [6.07, 6.45) is 3.82. The maximum absolute atomic E-state index is 12.6. The number of thioether (sulfide) groups is 1. The van der Waals surface area contributed by atoms with Crippen LogP contribution in [0.1, 0.15) is 25.8 Å². The molecule has 1 heterocycles. The molecule has 25 heavy (non-hydrogen) atoms. The van der Waals surface area contributed by atoms with Crippen LogP contribution in [0.5, 0.6) is 0 Å². The lowest BCUT2D eigenvalue weighted by Gasteiger charge is -2.32. The zero-order valence-corrected chi connectivity index (χ0v) is 16.2. The van der Waals surface area contributed by atoms with Crippen LogP contribution in [-0.2, 0) is 9.59 Å². The van der Waals surface area contributed by atoms with Crippen molar-refractivity contribution < 1.29 is 14.7 Å². The average molecular weight is 395 g/mol. The number of hydrogen-bond acceptors (Lipinski definition) is 5.